The second-order valence-corrected chi connectivity index (χ2v) is 7.23. The van der Waals surface area contributed by atoms with Crippen LogP contribution in [0, 0.1) is 0 Å². The predicted octanol–water partition coefficient (Wildman–Crippen LogP) is 1.85. The van der Waals surface area contributed by atoms with E-state index in [0.29, 0.717) is 29.0 Å². The number of carbonyl (C=O) groups is 1. The Morgan fingerprint density at radius 2 is 2.08 bits per heavy atom. The lowest BCUT2D eigenvalue weighted by Gasteiger charge is -2.16. The van der Waals surface area contributed by atoms with Gasteiger partial charge in [0.05, 0.1) is 11.9 Å². The van der Waals surface area contributed by atoms with Crippen LogP contribution >= 0.6 is 0 Å². The molecule has 1 aromatic heterocycles. The van der Waals surface area contributed by atoms with E-state index in [-0.39, 0.29) is 5.69 Å². The van der Waals surface area contributed by atoms with Crippen LogP contribution in [0.3, 0.4) is 0 Å². The molecule has 10 heteroatoms. The van der Waals surface area contributed by atoms with E-state index in [1.54, 1.807) is 12.1 Å². The van der Waals surface area contributed by atoms with E-state index < -0.39 is 22.5 Å². The summed E-state index contributed by atoms with van der Waals surface area (Å²) in [5, 5.41) is 5.93. The van der Waals surface area contributed by atoms with E-state index in [9.17, 15) is 22.0 Å². The molecule has 0 atom stereocenters. The summed E-state index contributed by atoms with van der Waals surface area (Å²) in [6, 6.07) is 5.95. The topological polar surface area (TPSA) is 84.3 Å². The maximum absolute atomic E-state index is 12.8. The highest BCUT2D eigenvalue weighted by atomic mass is 32.2. The molecule has 1 aliphatic rings. The van der Waals surface area contributed by atoms with Gasteiger partial charge < -0.3 is 5.32 Å². The first-order valence-electron chi connectivity index (χ1n) is 7.01. The molecule has 0 radical (unpaired) electrons. The third-order valence-corrected chi connectivity index (χ3v) is 4.86. The number of anilines is 2. The zero-order valence-corrected chi connectivity index (χ0v) is 13.4. The van der Waals surface area contributed by atoms with Crippen molar-refractivity contribution < 1.29 is 22.0 Å². The Hall–Kier alpha value is -2.49. The molecule has 0 bridgehead atoms. The Balaban J connectivity index is 1.83. The predicted molar refractivity (Wildman–Crippen MR) is 83.8 cm³/mol. The normalized spacial score (nSPS) is 14.1. The minimum atomic E-state index is -3.35. The zero-order valence-electron chi connectivity index (χ0n) is 12.6. The van der Waals surface area contributed by atoms with Crippen LogP contribution in [0.5, 0.6) is 0 Å². The fraction of sp³-hybridized carbons (Fsp3) is 0.286. The van der Waals surface area contributed by atoms with Crippen molar-refractivity contribution in [3.63, 3.8) is 0 Å². The molecule has 128 valence electrons. The summed E-state index contributed by atoms with van der Waals surface area (Å²) >= 11 is 0. The largest absolute Gasteiger partial charge is 0.333 e. The molecule has 1 aliphatic heterocycles. The van der Waals surface area contributed by atoms with Crippen molar-refractivity contribution in [2.24, 2.45) is 0 Å². The first kappa shape index (κ1) is 16.4. The van der Waals surface area contributed by atoms with Crippen molar-refractivity contribution in [1.29, 1.82) is 0 Å². The fourth-order valence-electron chi connectivity index (χ4n) is 2.64. The van der Waals surface area contributed by atoms with Crippen LogP contribution in [0.15, 0.2) is 30.5 Å². The third kappa shape index (κ3) is 2.96. The van der Waals surface area contributed by atoms with Gasteiger partial charge >= 0.3 is 6.55 Å². The minimum absolute atomic E-state index is 0.261. The van der Waals surface area contributed by atoms with Gasteiger partial charge in [0.25, 0.3) is 5.91 Å². The molecule has 0 saturated carbocycles. The summed E-state index contributed by atoms with van der Waals surface area (Å²) < 4.78 is 50.5. The molecule has 2 heterocycles. The number of fused-ring (bicyclic) bond motifs is 1. The number of amides is 1. The Kier molecular flexibility index (Phi) is 3.99. The van der Waals surface area contributed by atoms with Crippen LogP contribution in [-0.2, 0) is 16.4 Å². The maximum Gasteiger partial charge on any atom is 0.333 e. The van der Waals surface area contributed by atoms with Crippen molar-refractivity contribution in [2.45, 2.75) is 13.0 Å². The number of halogens is 2. The number of alkyl halides is 2. The Morgan fingerprint density at radius 1 is 1.33 bits per heavy atom. The zero-order chi connectivity index (χ0) is 17.5. The quantitative estimate of drug-likeness (QED) is 0.906. The highest BCUT2D eigenvalue weighted by Crippen LogP contribution is 2.32. The van der Waals surface area contributed by atoms with Gasteiger partial charge in [-0.1, -0.05) is 0 Å². The van der Waals surface area contributed by atoms with Crippen LogP contribution in [-0.4, -0.2) is 36.9 Å². The number of hydrogen-bond donors (Lipinski definition) is 1. The lowest BCUT2D eigenvalue weighted by atomic mass is 10.1. The van der Waals surface area contributed by atoms with Crippen molar-refractivity contribution in [2.75, 3.05) is 22.4 Å². The number of hydrogen-bond acceptors (Lipinski definition) is 4. The standard InChI is InChI=1S/C14H14F2N4O3S/c1-24(22,23)19-7-5-9-8-10(2-3-11(9)19)18-13(21)12-4-6-17-20(12)14(15)16/h2-4,6,8,14H,5,7H2,1H3,(H,18,21). The molecule has 0 saturated heterocycles. The number of nitrogens with one attached hydrogen (secondary N) is 1. The molecule has 24 heavy (non-hydrogen) atoms. The second kappa shape index (κ2) is 5.86. The van der Waals surface area contributed by atoms with Crippen molar-refractivity contribution >= 4 is 27.3 Å². The van der Waals surface area contributed by atoms with Crippen molar-refractivity contribution in [3.8, 4) is 0 Å². The van der Waals surface area contributed by atoms with E-state index in [4.69, 9.17) is 0 Å². The van der Waals surface area contributed by atoms with Crippen LogP contribution in [0.2, 0.25) is 0 Å². The summed E-state index contributed by atoms with van der Waals surface area (Å²) in [4.78, 5) is 12.1. The van der Waals surface area contributed by atoms with Crippen LogP contribution in [0.4, 0.5) is 20.2 Å². The van der Waals surface area contributed by atoms with E-state index in [0.717, 1.165) is 18.0 Å². The van der Waals surface area contributed by atoms with Gasteiger partial charge in [-0.15, -0.1) is 0 Å². The lowest BCUT2D eigenvalue weighted by molar-refractivity contribution is 0.0520. The number of sulfonamides is 1. The van der Waals surface area contributed by atoms with E-state index >= 15 is 0 Å². The van der Waals surface area contributed by atoms with E-state index in [2.05, 4.69) is 10.4 Å². The Morgan fingerprint density at radius 3 is 2.75 bits per heavy atom. The highest BCUT2D eigenvalue weighted by Gasteiger charge is 2.26. The molecule has 3 rings (SSSR count). The average Bonchev–Trinajstić information content (AvgIpc) is 3.12. The molecule has 1 amide bonds. The van der Waals surface area contributed by atoms with Crippen molar-refractivity contribution in [1.82, 2.24) is 9.78 Å². The second-order valence-electron chi connectivity index (χ2n) is 5.32. The monoisotopic (exact) mass is 356 g/mol. The number of nitrogens with zero attached hydrogens (tertiary/aromatic N) is 3. The van der Waals surface area contributed by atoms with Gasteiger partial charge in [-0.2, -0.15) is 18.6 Å². The number of carbonyl (C=O) groups excluding carboxylic acids is 1. The van der Waals surface area contributed by atoms with Crippen molar-refractivity contribution in [3.05, 3.63) is 41.7 Å². The van der Waals surface area contributed by atoms with Gasteiger partial charge in [-0.3, -0.25) is 9.10 Å². The summed E-state index contributed by atoms with van der Waals surface area (Å²) in [7, 11) is -3.35. The molecular weight excluding hydrogens is 342 g/mol. The van der Waals surface area contributed by atoms with Gasteiger partial charge in [0, 0.05) is 18.4 Å². The SMILES string of the molecule is CS(=O)(=O)N1CCc2cc(NC(=O)c3ccnn3C(F)F)ccc21. The number of aromatic nitrogens is 2. The molecule has 2 aromatic rings. The maximum atomic E-state index is 12.8. The molecule has 0 aliphatic carbocycles. The van der Waals surface area contributed by atoms with Gasteiger partial charge in [0.15, 0.2) is 0 Å². The highest BCUT2D eigenvalue weighted by molar-refractivity contribution is 7.92. The first-order chi connectivity index (χ1) is 11.3. The van der Waals surface area contributed by atoms with Crippen LogP contribution in [0.1, 0.15) is 22.6 Å². The number of benzene rings is 1. The molecule has 0 spiro atoms. The summed E-state index contributed by atoms with van der Waals surface area (Å²) in [5.41, 5.74) is 1.47. The van der Waals surface area contributed by atoms with Gasteiger partial charge in [-0.05, 0) is 36.2 Å². The molecule has 1 N–H and O–H groups in total. The van der Waals surface area contributed by atoms with Gasteiger partial charge in [0.1, 0.15) is 5.69 Å². The average molecular weight is 356 g/mol. The lowest BCUT2D eigenvalue weighted by Crippen LogP contribution is -2.27. The molecule has 0 unspecified atom stereocenters. The van der Waals surface area contributed by atoms with E-state index in [1.807, 2.05) is 0 Å². The Labute approximate surface area is 136 Å². The third-order valence-electron chi connectivity index (χ3n) is 3.68. The van der Waals surface area contributed by atoms with Gasteiger partial charge in [-0.25, -0.2) is 8.42 Å². The smallest absolute Gasteiger partial charge is 0.321 e. The molecule has 7 nitrogen and oxygen atoms in total. The van der Waals surface area contributed by atoms with Crippen LogP contribution < -0.4 is 9.62 Å². The number of rotatable bonds is 4. The first-order valence-corrected chi connectivity index (χ1v) is 8.86. The van der Waals surface area contributed by atoms with Gasteiger partial charge in [0.2, 0.25) is 10.0 Å². The summed E-state index contributed by atoms with van der Waals surface area (Å²) in [6.07, 6.45) is 2.76. The molecular formula is C14H14F2N4O3S. The summed E-state index contributed by atoms with van der Waals surface area (Å²) in [5.74, 6) is -0.717. The van der Waals surface area contributed by atoms with E-state index in [1.165, 1.54) is 16.4 Å². The fourth-order valence-corrected chi connectivity index (χ4v) is 3.60. The summed E-state index contributed by atoms with van der Waals surface area (Å²) in [6.45, 7) is -2.58. The molecule has 0 fully saturated rings. The minimum Gasteiger partial charge on any atom is -0.321 e. The Bertz CT molecular complexity index is 895. The van der Waals surface area contributed by atoms with Crippen LogP contribution in [0.25, 0.3) is 0 Å². The molecule has 1 aromatic carbocycles.